The number of benzene rings is 2. The number of nitrogens with zero attached hydrogens (tertiary/aromatic N) is 1. The van der Waals surface area contributed by atoms with E-state index in [1.165, 1.54) is 25.5 Å². The molecule has 1 amide bonds. The molecule has 0 aliphatic carbocycles. The van der Waals surface area contributed by atoms with Crippen molar-refractivity contribution in [1.82, 2.24) is 5.43 Å². The predicted octanol–water partition coefficient (Wildman–Crippen LogP) is 2.75. The Kier molecular flexibility index (Phi) is 6.40. The lowest BCUT2D eigenvalue weighted by Gasteiger charge is -2.13. The maximum absolute atomic E-state index is 12.2. The first-order valence-electron chi connectivity index (χ1n) is 8.10. The number of methoxy groups -OCH3 is 1. The number of nitrogens with one attached hydrogen (secondary N) is 1. The van der Waals surface area contributed by atoms with Gasteiger partial charge in [0.25, 0.3) is 0 Å². The molecule has 0 saturated carbocycles. The van der Waals surface area contributed by atoms with Gasteiger partial charge in [0.05, 0.1) is 24.3 Å². The zero-order valence-corrected chi connectivity index (χ0v) is 17.2. The number of rotatable bonds is 7. The molecule has 0 aliphatic heterocycles. The van der Waals surface area contributed by atoms with E-state index >= 15 is 0 Å². The second-order valence-electron chi connectivity index (χ2n) is 5.69. The Morgan fingerprint density at radius 2 is 2.10 bits per heavy atom. The van der Waals surface area contributed by atoms with Gasteiger partial charge in [0, 0.05) is 9.86 Å². The Morgan fingerprint density at radius 3 is 2.83 bits per heavy atom. The molecule has 0 aliphatic rings. The summed E-state index contributed by atoms with van der Waals surface area (Å²) in [6.07, 6.45) is 1.34. The van der Waals surface area contributed by atoms with E-state index in [4.69, 9.17) is 25.5 Å². The predicted molar refractivity (Wildman–Crippen MR) is 107 cm³/mol. The fraction of sp³-hybridized carbons (Fsp3) is 0.105. The number of halogens is 2. The van der Waals surface area contributed by atoms with Crippen LogP contribution in [0.1, 0.15) is 16.1 Å². The fourth-order valence-electron chi connectivity index (χ4n) is 2.43. The molecule has 0 unspecified atom stereocenters. The van der Waals surface area contributed by atoms with E-state index in [1.807, 2.05) is 12.1 Å². The average Bonchev–Trinajstić information content (AvgIpc) is 3.09. The maximum Gasteiger partial charge on any atom is 0.307 e. The van der Waals surface area contributed by atoms with E-state index in [0.29, 0.717) is 11.1 Å². The lowest BCUT2D eigenvalue weighted by molar-refractivity contribution is -0.307. The molecule has 0 atom stereocenters. The van der Waals surface area contributed by atoms with E-state index in [0.717, 1.165) is 9.86 Å². The molecule has 1 aromatic heterocycles. The minimum absolute atomic E-state index is 0.0630. The lowest BCUT2D eigenvalue weighted by atomic mass is 10.2. The van der Waals surface area contributed by atoms with Crippen molar-refractivity contribution in [1.29, 1.82) is 0 Å². The van der Waals surface area contributed by atoms with Crippen LogP contribution in [-0.4, -0.2) is 31.8 Å². The Labute approximate surface area is 178 Å². The van der Waals surface area contributed by atoms with Crippen LogP contribution in [0.15, 0.2) is 50.4 Å². The Morgan fingerprint density at radius 1 is 1.31 bits per heavy atom. The van der Waals surface area contributed by atoms with Crippen LogP contribution in [0.2, 0.25) is 5.02 Å². The van der Waals surface area contributed by atoms with E-state index in [9.17, 15) is 14.7 Å². The van der Waals surface area contributed by atoms with Crippen LogP contribution in [0.3, 0.4) is 0 Å². The maximum atomic E-state index is 12.2. The van der Waals surface area contributed by atoms with Gasteiger partial charge in [-0.1, -0.05) is 27.5 Å². The van der Waals surface area contributed by atoms with E-state index in [-0.39, 0.29) is 22.3 Å². The number of fused-ring (bicyclic) bond motifs is 1. The first-order chi connectivity index (χ1) is 13.9. The standard InChI is InChI=1S/C19H14BrClN2O6/c1-27-15-5-10(4-13(21)18(15)28-9-17(24)25)8-22-23-19(26)16-7-11-6-12(20)2-3-14(11)29-16/h2-8H,9H2,1H3,(H,23,26)(H,24,25)/p-1/b22-8-. The van der Waals surface area contributed by atoms with Crippen molar-refractivity contribution in [3.8, 4) is 11.5 Å². The van der Waals surface area contributed by atoms with Gasteiger partial charge in [-0.15, -0.1) is 0 Å². The molecular weight excluding hydrogens is 468 g/mol. The third kappa shape index (κ3) is 5.07. The van der Waals surface area contributed by atoms with Gasteiger partial charge in [0.15, 0.2) is 17.3 Å². The summed E-state index contributed by atoms with van der Waals surface area (Å²) in [5.41, 5.74) is 3.42. The molecule has 0 radical (unpaired) electrons. The highest BCUT2D eigenvalue weighted by Crippen LogP contribution is 2.36. The summed E-state index contributed by atoms with van der Waals surface area (Å²) in [7, 11) is 1.38. The third-order valence-corrected chi connectivity index (χ3v) is 4.44. The molecule has 0 fully saturated rings. The van der Waals surface area contributed by atoms with Crippen LogP contribution in [0, 0.1) is 0 Å². The van der Waals surface area contributed by atoms with E-state index in [2.05, 4.69) is 26.5 Å². The van der Waals surface area contributed by atoms with Crippen molar-refractivity contribution in [2.75, 3.05) is 13.7 Å². The van der Waals surface area contributed by atoms with Crippen LogP contribution in [0.5, 0.6) is 11.5 Å². The number of hydrazone groups is 1. The van der Waals surface area contributed by atoms with Crippen molar-refractivity contribution in [3.05, 3.63) is 57.2 Å². The summed E-state index contributed by atoms with van der Waals surface area (Å²) < 4.78 is 16.6. The molecule has 3 rings (SSSR count). The highest BCUT2D eigenvalue weighted by Gasteiger charge is 2.13. The molecule has 0 saturated heterocycles. The van der Waals surface area contributed by atoms with Crippen molar-refractivity contribution in [2.45, 2.75) is 0 Å². The Bertz CT molecular complexity index is 1110. The van der Waals surface area contributed by atoms with Gasteiger partial charge in [-0.05, 0) is 42.0 Å². The van der Waals surface area contributed by atoms with Gasteiger partial charge in [0.1, 0.15) is 12.2 Å². The average molecular weight is 481 g/mol. The minimum atomic E-state index is -1.39. The molecule has 10 heteroatoms. The van der Waals surface area contributed by atoms with Gasteiger partial charge in [-0.25, -0.2) is 5.43 Å². The summed E-state index contributed by atoms with van der Waals surface area (Å²) in [6.45, 7) is -0.673. The second kappa shape index (κ2) is 8.97. The van der Waals surface area contributed by atoms with E-state index < -0.39 is 18.5 Å². The SMILES string of the molecule is COc1cc(/C=N\NC(=O)c2cc3cc(Br)ccc3o2)cc(Cl)c1OCC(=O)[O-]. The number of ether oxygens (including phenoxy) is 2. The van der Waals surface area contributed by atoms with Crippen molar-refractivity contribution >= 4 is 56.6 Å². The fourth-order valence-corrected chi connectivity index (χ4v) is 3.08. The molecule has 1 N–H and O–H groups in total. The van der Waals surface area contributed by atoms with E-state index in [1.54, 1.807) is 12.1 Å². The molecule has 3 aromatic rings. The largest absolute Gasteiger partial charge is 0.546 e. The van der Waals surface area contributed by atoms with Gasteiger partial charge in [0.2, 0.25) is 0 Å². The Balaban J connectivity index is 1.72. The number of carbonyl (C=O) groups is 2. The molecule has 8 nitrogen and oxygen atoms in total. The topological polar surface area (TPSA) is 113 Å². The number of carboxylic acids is 1. The van der Waals surface area contributed by atoms with Crippen molar-refractivity contribution in [3.63, 3.8) is 0 Å². The van der Waals surface area contributed by atoms with Crippen LogP contribution >= 0.6 is 27.5 Å². The summed E-state index contributed by atoms with van der Waals surface area (Å²) in [6, 6.07) is 9.99. The zero-order chi connectivity index (χ0) is 21.0. The molecule has 29 heavy (non-hydrogen) atoms. The van der Waals surface area contributed by atoms with Crippen LogP contribution < -0.4 is 20.0 Å². The summed E-state index contributed by atoms with van der Waals surface area (Å²) in [4.78, 5) is 22.8. The molecule has 1 heterocycles. The Hall–Kier alpha value is -3.04. The minimum Gasteiger partial charge on any atom is -0.546 e. The van der Waals surface area contributed by atoms with Gasteiger partial charge < -0.3 is 23.8 Å². The monoisotopic (exact) mass is 479 g/mol. The number of hydrogen-bond donors (Lipinski definition) is 1. The summed E-state index contributed by atoms with van der Waals surface area (Å²) in [5, 5.41) is 15.3. The van der Waals surface area contributed by atoms with Crippen LogP contribution in [0.25, 0.3) is 11.0 Å². The summed E-state index contributed by atoms with van der Waals surface area (Å²) >= 11 is 9.46. The molecule has 0 spiro atoms. The highest BCUT2D eigenvalue weighted by atomic mass is 79.9. The lowest BCUT2D eigenvalue weighted by Crippen LogP contribution is -2.29. The molecular formula is C19H13BrClN2O6-. The quantitative estimate of drug-likeness (QED) is 0.411. The van der Waals surface area contributed by atoms with Crippen molar-refractivity contribution in [2.24, 2.45) is 5.10 Å². The number of hydrogen-bond acceptors (Lipinski definition) is 7. The third-order valence-electron chi connectivity index (χ3n) is 3.67. The molecule has 2 aromatic carbocycles. The molecule has 150 valence electrons. The van der Waals surface area contributed by atoms with Crippen LogP contribution in [0.4, 0.5) is 0 Å². The van der Waals surface area contributed by atoms with Gasteiger partial charge in [-0.2, -0.15) is 5.10 Å². The van der Waals surface area contributed by atoms with Gasteiger partial charge in [-0.3, -0.25) is 4.79 Å². The number of amides is 1. The first-order valence-corrected chi connectivity index (χ1v) is 9.27. The summed E-state index contributed by atoms with van der Waals surface area (Å²) in [5.74, 6) is -1.55. The van der Waals surface area contributed by atoms with Crippen molar-refractivity contribution < 1.29 is 28.6 Å². The number of aliphatic carboxylic acids is 1. The normalized spacial score (nSPS) is 11.0. The highest BCUT2D eigenvalue weighted by molar-refractivity contribution is 9.10. The molecule has 0 bridgehead atoms. The van der Waals surface area contributed by atoms with Crippen LogP contribution in [-0.2, 0) is 4.79 Å². The second-order valence-corrected chi connectivity index (χ2v) is 7.01. The number of furan rings is 1. The van der Waals surface area contributed by atoms with Gasteiger partial charge >= 0.3 is 5.91 Å². The zero-order valence-electron chi connectivity index (χ0n) is 14.9. The number of carboxylic acid groups (broad SMARTS) is 1. The first kappa shape index (κ1) is 20.7. The number of carbonyl (C=O) groups excluding carboxylic acids is 2. The smallest absolute Gasteiger partial charge is 0.307 e.